The zero-order chi connectivity index (χ0) is 15.7. The Bertz CT molecular complexity index is 760. The van der Waals surface area contributed by atoms with E-state index in [0.29, 0.717) is 22.5 Å². The lowest BCUT2D eigenvalue weighted by Gasteiger charge is -2.23. The van der Waals surface area contributed by atoms with Crippen LogP contribution < -0.4 is 4.74 Å². The Kier molecular flexibility index (Phi) is 3.67. The number of methoxy groups -OCH3 is 1. The van der Waals surface area contributed by atoms with Crippen molar-refractivity contribution in [2.24, 2.45) is 0 Å². The lowest BCUT2D eigenvalue weighted by Crippen LogP contribution is -2.17. The van der Waals surface area contributed by atoms with Crippen LogP contribution in [0.15, 0.2) is 42.5 Å². The van der Waals surface area contributed by atoms with Crippen molar-refractivity contribution >= 4 is 17.1 Å². The van der Waals surface area contributed by atoms with Crippen LogP contribution in [-0.2, 0) is 9.53 Å². The molecule has 0 unspecified atom stereocenters. The molecule has 0 atom stereocenters. The quantitative estimate of drug-likeness (QED) is 0.795. The predicted octanol–water partition coefficient (Wildman–Crippen LogP) is 3.61. The Morgan fingerprint density at radius 1 is 1.18 bits per heavy atom. The first kappa shape index (κ1) is 14.3. The molecular formula is C18H15FO3. The fourth-order valence-electron chi connectivity index (χ4n) is 2.56. The molecule has 1 aliphatic rings. The van der Waals surface area contributed by atoms with E-state index in [1.807, 2.05) is 25.1 Å². The van der Waals surface area contributed by atoms with Crippen LogP contribution in [0.5, 0.6) is 5.75 Å². The van der Waals surface area contributed by atoms with Gasteiger partial charge in [-0.1, -0.05) is 23.8 Å². The molecule has 0 fully saturated rings. The van der Waals surface area contributed by atoms with Crippen LogP contribution in [0.3, 0.4) is 0 Å². The van der Waals surface area contributed by atoms with Crippen LogP contribution in [0.1, 0.15) is 16.7 Å². The molecule has 2 aromatic rings. The summed E-state index contributed by atoms with van der Waals surface area (Å²) in [7, 11) is 1.35. The maximum Gasteiger partial charge on any atom is 0.339 e. The fourth-order valence-corrected chi connectivity index (χ4v) is 2.56. The smallest absolute Gasteiger partial charge is 0.339 e. The molecule has 3 rings (SSSR count). The first-order valence-electron chi connectivity index (χ1n) is 6.91. The number of hydrogen-bond acceptors (Lipinski definition) is 3. The molecule has 0 bridgehead atoms. The van der Waals surface area contributed by atoms with Gasteiger partial charge in [-0.15, -0.1) is 0 Å². The van der Waals surface area contributed by atoms with Crippen molar-refractivity contribution in [2.75, 3.05) is 13.7 Å². The van der Waals surface area contributed by atoms with Crippen LogP contribution in [0, 0.1) is 12.7 Å². The predicted molar refractivity (Wildman–Crippen MR) is 81.9 cm³/mol. The Hall–Kier alpha value is -2.62. The van der Waals surface area contributed by atoms with Gasteiger partial charge in [0.15, 0.2) is 0 Å². The van der Waals surface area contributed by atoms with Crippen molar-refractivity contribution in [3.63, 3.8) is 0 Å². The number of hydrogen-bond donors (Lipinski definition) is 0. The Labute approximate surface area is 128 Å². The summed E-state index contributed by atoms with van der Waals surface area (Å²) in [6.45, 7) is 2.19. The number of carbonyl (C=O) groups excluding carboxylic acids is 1. The van der Waals surface area contributed by atoms with E-state index in [0.717, 1.165) is 11.1 Å². The highest BCUT2D eigenvalue weighted by atomic mass is 19.1. The number of fused-ring (bicyclic) bond motifs is 1. The van der Waals surface area contributed by atoms with Crippen LogP contribution in [0.2, 0.25) is 0 Å². The van der Waals surface area contributed by atoms with Crippen molar-refractivity contribution in [3.8, 4) is 5.75 Å². The number of benzene rings is 2. The minimum Gasteiger partial charge on any atom is -0.488 e. The van der Waals surface area contributed by atoms with Gasteiger partial charge in [0, 0.05) is 11.1 Å². The maximum absolute atomic E-state index is 13.1. The van der Waals surface area contributed by atoms with E-state index in [-0.39, 0.29) is 12.4 Å². The second-order valence-corrected chi connectivity index (χ2v) is 5.14. The van der Waals surface area contributed by atoms with E-state index in [1.165, 1.54) is 19.2 Å². The molecule has 112 valence electrons. The third kappa shape index (κ3) is 2.48. The van der Waals surface area contributed by atoms with Gasteiger partial charge in [-0.05, 0) is 36.8 Å². The number of ether oxygens (including phenoxy) is 2. The fraction of sp³-hybridized carbons (Fsp3) is 0.167. The highest BCUT2D eigenvalue weighted by Crippen LogP contribution is 2.38. The summed E-state index contributed by atoms with van der Waals surface area (Å²) in [5.74, 6) is -0.0942. The molecule has 3 nitrogen and oxygen atoms in total. The Morgan fingerprint density at radius 2 is 1.91 bits per heavy atom. The average molecular weight is 298 g/mol. The molecular weight excluding hydrogens is 283 g/mol. The van der Waals surface area contributed by atoms with Crippen molar-refractivity contribution < 1.29 is 18.7 Å². The van der Waals surface area contributed by atoms with Crippen LogP contribution in [-0.4, -0.2) is 19.7 Å². The van der Waals surface area contributed by atoms with Gasteiger partial charge < -0.3 is 9.47 Å². The van der Waals surface area contributed by atoms with E-state index < -0.39 is 5.97 Å². The molecule has 0 amide bonds. The summed E-state index contributed by atoms with van der Waals surface area (Å²) in [6, 6.07) is 11.7. The van der Waals surface area contributed by atoms with Gasteiger partial charge in [0.1, 0.15) is 18.2 Å². The van der Waals surface area contributed by atoms with E-state index >= 15 is 0 Å². The monoisotopic (exact) mass is 298 g/mol. The largest absolute Gasteiger partial charge is 0.488 e. The van der Waals surface area contributed by atoms with Gasteiger partial charge in [-0.2, -0.15) is 0 Å². The molecule has 1 heterocycles. The van der Waals surface area contributed by atoms with E-state index in [1.54, 1.807) is 12.1 Å². The number of rotatable bonds is 2. The van der Waals surface area contributed by atoms with Crippen molar-refractivity contribution in [1.82, 2.24) is 0 Å². The van der Waals surface area contributed by atoms with Crippen LogP contribution in [0.25, 0.3) is 11.1 Å². The topological polar surface area (TPSA) is 35.5 Å². The lowest BCUT2D eigenvalue weighted by molar-refractivity contribution is -0.133. The highest BCUT2D eigenvalue weighted by Gasteiger charge is 2.27. The molecule has 0 aromatic heterocycles. The lowest BCUT2D eigenvalue weighted by atomic mass is 9.91. The minimum atomic E-state index is -0.422. The van der Waals surface area contributed by atoms with Crippen molar-refractivity contribution in [3.05, 3.63) is 65.0 Å². The SMILES string of the molecule is COC(=O)C1=C(c2ccc(F)cc2)COc2ccc(C)cc21. The molecule has 0 N–H and O–H groups in total. The zero-order valence-electron chi connectivity index (χ0n) is 12.4. The summed E-state index contributed by atoms with van der Waals surface area (Å²) >= 11 is 0. The molecule has 0 saturated carbocycles. The van der Waals surface area contributed by atoms with Gasteiger partial charge in [0.05, 0.1) is 12.7 Å². The number of esters is 1. The summed E-state index contributed by atoms with van der Waals surface area (Å²) < 4.78 is 23.8. The minimum absolute atomic E-state index is 0.242. The molecule has 4 heteroatoms. The summed E-state index contributed by atoms with van der Waals surface area (Å²) in [5.41, 5.74) is 3.64. The molecule has 22 heavy (non-hydrogen) atoms. The highest BCUT2D eigenvalue weighted by molar-refractivity contribution is 6.26. The van der Waals surface area contributed by atoms with Crippen LogP contribution >= 0.6 is 0 Å². The molecule has 0 radical (unpaired) electrons. The van der Waals surface area contributed by atoms with E-state index in [4.69, 9.17) is 9.47 Å². The summed E-state index contributed by atoms with van der Waals surface area (Å²) in [5, 5.41) is 0. The van der Waals surface area contributed by atoms with Crippen LogP contribution in [0.4, 0.5) is 4.39 Å². The molecule has 1 aliphatic heterocycles. The Balaban J connectivity index is 2.23. The normalized spacial score (nSPS) is 13.4. The summed E-state index contributed by atoms with van der Waals surface area (Å²) in [4.78, 5) is 12.3. The maximum atomic E-state index is 13.1. The molecule has 0 aliphatic carbocycles. The van der Waals surface area contributed by atoms with Crippen molar-refractivity contribution in [2.45, 2.75) is 6.92 Å². The second kappa shape index (κ2) is 5.64. The first-order chi connectivity index (χ1) is 10.6. The van der Waals surface area contributed by atoms with Gasteiger partial charge in [-0.25, -0.2) is 9.18 Å². The number of carbonyl (C=O) groups is 1. The van der Waals surface area contributed by atoms with Gasteiger partial charge in [0.2, 0.25) is 0 Å². The molecule has 2 aromatic carbocycles. The van der Waals surface area contributed by atoms with Gasteiger partial charge in [0.25, 0.3) is 0 Å². The molecule has 0 saturated heterocycles. The Morgan fingerprint density at radius 3 is 2.59 bits per heavy atom. The van der Waals surface area contributed by atoms with E-state index in [9.17, 15) is 9.18 Å². The third-order valence-corrected chi connectivity index (χ3v) is 3.66. The van der Waals surface area contributed by atoms with E-state index in [2.05, 4.69) is 0 Å². The third-order valence-electron chi connectivity index (χ3n) is 3.66. The van der Waals surface area contributed by atoms with Gasteiger partial charge in [-0.3, -0.25) is 0 Å². The zero-order valence-corrected chi connectivity index (χ0v) is 12.4. The average Bonchev–Trinajstić information content (AvgIpc) is 2.53. The molecule has 0 spiro atoms. The standard InChI is InChI=1S/C18H15FO3/c1-11-3-8-16-14(9-11)17(18(20)21-2)15(10-22-16)12-4-6-13(19)7-5-12/h3-9H,10H2,1-2H3. The van der Waals surface area contributed by atoms with Crippen molar-refractivity contribution in [1.29, 1.82) is 0 Å². The first-order valence-corrected chi connectivity index (χ1v) is 6.91. The second-order valence-electron chi connectivity index (χ2n) is 5.14. The number of halogens is 1. The van der Waals surface area contributed by atoms with Gasteiger partial charge >= 0.3 is 5.97 Å². The summed E-state index contributed by atoms with van der Waals surface area (Å²) in [6.07, 6.45) is 0. The number of aryl methyl sites for hydroxylation is 1.